The van der Waals surface area contributed by atoms with E-state index in [1.54, 1.807) is 7.11 Å². The summed E-state index contributed by atoms with van der Waals surface area (Å²) in [5.74, 6) is 0.783. The van der Waals surface area contributed by atoms with Gasteiger partial charge in [0.05, 0.1) is 12.6 Å². The first-order valence-electron chi connectivity index (χ1n) is 6.94. The Balaban J connectivity index is 1.71. The summed E-state index contributed by atoms with van der Waals surface area (Å²) in [4.78, 5) is 11.7. The van der Waals surface area contributed by atoms with Crippen molar-refractivity contribution >= 4 is 17.5 Å². The van der Waals surface area contributed by atoms with Crippen LogP contribution >= 0.6 is 11.6 Å². The average Bonchev–Trinajstić information content (AvgIpc) is 3.25. The second-order valence-electron chi connectivity index (χ2n) is 5.15. The standard InChI is InChI=1S/C15H21ClN2O2/c1-20-14(12-4-6-13(16)7-5-12)9-18-15(19)10-17-8-11-2-3-11/h4-7,11,14,17H,2-3,8-10H2,1H3,(H,18,19). The molecule has 20 heavy (non-hydrogen) atoms. The Kier molecular flexibility index (Phi) is 5.83. The summed E-state index contributed by atoms with van der Waals surface area (Å²) < 4.78 is 5.40. The molecule has 0 aromatic heterocycles. The molecular weight excluding hydrogens is 276 g/mol. The van der Waals surface area contributed by atoms with Crippen molar-refractivity contribution in [1.82, 2.24) is 10.6 Å². The fourth-order valence-electron chi connectivity index (χ4n) is 2.00. The van der Waals surface area contributed by atoms with E-state index in [4.69, 9.17) is 16.3 Å². The van der Waals surface area contributed by atoms with E-state index in [9.17, 15) is 4.79 Å². The smallest absolute Gasteiger partial charge is 0.234 e. The molecule has 1 saturated carbocycles. The number of rotatable bonds is 8. The molecule has 0 bridgehead atoms. The molecule has 0 spiro atoms. The highest BCUT2D eigenvalue weighted by Gasteiger charge is 2.20. The predicted molar refractivity (Wildman–Crippen MR) is 79.8 cm³/mol. The molecule has 0 aliphatic heterocycles. The summed E-state index contributed by atoms with van der Waals surface area (Å²) in [7, 11) is 1.64. The third-order valence-electron chi connectivity index (χ3n) is 3.43. The van der Waals surface area contributed by atoms with Crippen LogP contribution in [0.4, 0.5) is 0 Å². The van der Waals surface area contributed by atoms with Gasteiger partial charge in [-0.2, -0.15) is 0 Å². The molecule has 0 heterocycles. The maximum absolute atomic E-state index is 11.7. The Labute approximate surface area is 124 Å². The Morgan fingerprint density at radius 3 is 2.70 bits per heavy atom. The van der Waals surface area contributed by atoms with Crippen LogP contribution in [0.3, 0.4) is 0 Å². The predicted octanol–water partition coefficient (Wildman–Crippen LogP) is 2.14. The Hall–Kier alpha value is -1.10. The first kappa shape index (κ1) is 15.3. The van der Waals surface area contributed by atoms with Crippen LogP contribution in [0.25, 0.3) is 0 Å². The quantitative estimate of drug-likeness (QED) is 0.773. The molecule has 1 amide bonds. The lowest BCUT2D eigenvalue weighted by Gasteiger charge is -2.16. The first-order valence-corrected chi connectivity index (χ1v) is 7.32. The zero-order valence-corrected chi connectivity index (χ0v) is 12.5. The van der Waals surface area contributed by atoms with Crippen molar-refractivity contribution in [3.63, 3.8) is 0 Å². The highest BCUT2D eigenvalue weighted by atomic mass is 35.5. The third-order valence-corrected chi connectivity index (χ3v) is 3.68. The maximum atomic E-state index is 11.7. The highest BCUT2D eigenvalue weighted by molar-refractivity contribution is 6.30. The van der Waals surface area contributed by atoms with Gasteiger partial charge in [-0.25, -0.2) is 0 Å². The molecule has 1 aromatic rings. The van der Waals surface area contributed by atoms with Crippen LogP contribution in [-0.2, 0) is 9.53 Å². The van der Waals surface area contributed by atoms with Crippen molar-refractivity contribution in [3.8, 4) is 0 Å². The zero-order valence-electron chi connectivity index (χ0n) is 11.7. The molecule has 4 nitrogen and oxygen atoms in total. The lowest BCUT2D eigenvalue weighted by molar-refractivity contribution is -0.120. The summed E-state index contributed by atoms with van der Waals surface area (Å²) in [6.07, 6.45) is 2.42. The minimum absolute atomic E-state index is 0.00154. The lowest BCUT2D eigenvalue weighted by Crippen LogP contribution is -2.37. The van der Waals surface area contributed by atoms with E-state index >= 15 is 0 Å². The van der Waals surface area contributed by atoms with Gasteiger partial charge in [-0.1, -0.05) is 23.7 Å². The van der Waals surface area contributed by atoms with Crippen LogP contribution in [0.2, 0.25) is 5.02 Å². The van der Waals surface area contributed by atoms with Crippen LogP contribution in [0.5, 0.6) is 0 Å². The monoisotopic (exact) mass is 296 g/mol. The Bertz CT molecular complexity index is 432. The van der Waals surface area contributed by atoms with E-state index in [0.29, 0.717) is 18.1 Å². The molecule has 1 fully saturated rings. The van der Waals surface area contributed by atoms with Gasteiger partial charge in [-0.3, -0.25) is 4.79 Å². The largest absolute Gasteiger partial charge is 0.375 e. The molecule has 1 aliphatic rings. The van der Waals surface area contributed by atoms with Gasteiger partial charge in [0, 0.05) is 18.7 Å². The van der Waals surface area contributed by atoms with Crippen LogP contribution in [-0.4, -0.2) is 32.7 Å². The minimum Gasteiger partial charge on any atom is -0.375 e. The van der Waals surface area contributed by atoms with Crippen LogP contribution in [0, 0.1) is 5.92 Å². The SMILES string of the molecule is COC(CNC(=O)CNCC1CC1)c1ccc(Cl)cc1. The summed E-state index contributed by atoms with van der Waals surface area (Å²) >= 11 is 5.86. The van der Waals surface area contributed by atoms with E-state index in [-0.39, 0.29) is 12.0 Å². The number of hydrogen-bond acceptors (Lipinski definition) is 3. The Morgan fingerprint density at radius 2 is 2.10 bits per heavy atom. The molecule has 2 rings (SSSR count). The molecular formula is C15H21ClN2O2. The zero-order chi connectivity index (χ0) is 14.4. The highest BCUT2D eigenvalue weighted by Crippen LogP contribution is 2.27. The van der Waals surface area contributed by atoms with Gasteiger partial charge in [0.1, 0.15) is 0 Å². The van der Waals surface area contributed by atoms with E-state index in [2.05, 4.69) is 10.6 Å². The van der Waals surface area contributed by atoms with Crippen LogP contribution < -0.4 is 10.6 Å². The molecule has 0 radical (unpaired) electrons. The summed E-state index contributed by atoms with van der Waals surface area (Å²) in [6.45, 7) is 1.77. The second-order valence-corrected chi connectivity index (χ2v) is 5.59. The number of amides is 1. The van der Waals surface area contributed by atoms with Crippen molar-refractivity contribution in [2.75, 3.05) is 26.7 Å². The normalized spacial score (nSPS) is 15.9. The van der Waals surface area contributed by atoms with Gasteiger partial charge in [-0.05, 0) is 43.0 Å². The number of halogens is 1. The van der Waals surface area contributed by atoms with Crippen LogP contribution in [0.15, 0.2) is 24.3 Å². The molecule has 1 aromatic carbocycles. The molecule has 2 N–H and O–H groups in total. The van der Waals surface area contributed by atoms with E-state index in [0.717, 1.165) is 18.0 Å². The summed E-state index contributed by atoms with van der Waals surface area (Å²) in [6, 6.07) is 7.46. The fraction of sp³-hybridized carbons (Fsp3) is 0.533. The van der Waals surface area contributed by atoms with Crippen molar-refractivity contribution in [2.24, 2.45) is 5.92 Å². The number of carbonyl (C=O) groups is 1. The number of methoxy groups -OCH3 is 1. The minimum atomic E-state index is -0.153. The molecule has 5 heteroatoms. The number of nitrogens with one attached hydrogen (secondary N) is 2. The fourth-order valence-corrected chi connectivity index (χ4v) is 2.12. The van der Waals surface area contributed by atoms with Gasteiger partial charge in [0.15, 0.2) is 0 Å². The molecule has 1 aliphatic carbocycles. The third kappa shape index (κ3) is 5.12. The first-order chi connectivity index (χ1) is 9.69. The second kappa shape index (κ2) is 7.62. The molecule has 1 unspecified atom stereocenters. The summed E-state index contributed by atoms with van der Waals surface area (Å²) in [5.41, 5.74) is 1.00. The maximum Gasteiger partial charge on any atom is 0.234 e. The van der Waals surface area contributed by atoms with Gasteiger partial charge in [0.25, 0.3) is 0 Å². The van der Waals surface area contributed by atoms with Crippen molar-refractivity contribution in [3.05, 3.63) is 34.9 Å². The number of benzene rings is 1. The van der Waals surface area contributed by atoms with Gasteiger partial charge in [-0.15, -0.1) is 0 Å². The van der Waals surface area contributed by atoms with Crippen LogP contribution in [0.1, 0.15) is 24.5 Å². The van der Waals surface area contributed by atoms with Gasteiger partial charge >= 0.3 is 0 Å². The van der Waals surface area contributed by atoms with Gasteiger partial charge < -0.3 is 15.4 Å². The Morgan fingerprint density at radius 1 is 1.40 bits per heavy atom. The topological polar surface area (TPSA) is 50.4 Å². The lowest BCUT2D eigenvalue weighted by atomic mass is 10.1. The number of ether oxygens (including phenoxy) is 1. The van der Waals surface area contributed by atoms with E-state index in [1.165, 1.54) is 12.8 Å². The molecule has 0 saturated heterocycles. The van der Waals surface area contributed by atoms with Crippen molar-refractivity contribution < 1.29 is 9.53 Å². The molecule has 1 atom stereocenters. The molecule has 110 valence electrons. The number of carbonyl (C=O) groups excluding carboxylic acids is 1. The van der Waals surface area contributed by atoms with E-state index in [1.807, 2.05) is 24.3 Å². The van der Waals surface area contributed by atoms with E-state index < -0.39 is 0 Å². The number of hydrogen-bond donors (Lipinski definition) is 2. The summed E-state index contributed by atoms with van der Waals surface area (Å²) in [5, 5.41) is 6.74. The average molecular weight is 297 g/mol. The van der Waals surface area contributed by atoms with Crippen molar-refractivity contribution in [2.45, 2.75) is 18.9 Å². The van der Waals surface area contributed by atoms with Crippen molar-refractivity contribution in [1.29, 1.82) is 0 Å². The van der Waals surface area contributed by atoms with Gasteiger partial charge in [0.2, 0.25) is 5.91 Å².